The molecular formula is C16H24BrN3O. The highest BCUT2D eigenvalue weighted by Crippen LogP contribution is 2.24. The minimum absolute atomic E-state index is 0.0345. The quantitative estimate of drug-likeness (QED) is 0.839. The summed E-state index contributed by atoms with van der Waals surface area (Å²) in [4.78, 5) is 16.4. The molecule has 4 nitrogen and oxygen atoms in total. The van der Waals surface area contributed by atoms with E-state index in [4.69, 9.17) is 0 Å². The van der Waals surface area contributed by atoms with E-state index in [2.05, 4.69) is 51.3 Å². The zero-order valence-corrected chi connectivity index (χ0v) is 14.8. The minimum Gasteiger partial charge on any atom is -0.368 e. The van der Waals surface area contributed by atoms with Crippen LogP contribution in [-0.4, -0.2) is 42.6 Å². The zero-order chi connectivity index (χ0) is 15.6. The van der Waals surface area contributed by atoms with E-state index in [0.29, 0.717) is 0 Å². The largest absolute Gasteiger partial charge is 0.368 e. The van der Waals surface area contributed by atoms with Crippen LogP contribution in [0.25, 0.3) is 0 Å². The molecule has 2 rings (SSSR count). The van der Waals surface area contributed by atoms with Crippen LogP contribution in [-0.2, 0) is 0 Å². The molecule has 1 N–H and O–H groups in total. The summed E-state index contributed by atoms with van der Waals surface area (Å²) in [6.45, 7) is 11.4. The highest BCUT2D eigenvalue weighted by molar-refractivity contribution is 9.10. The van der Waals surface area contributed by atoms with Crippen LogP contribution in [0.3, 0.4) is 0 Å². The molecule has 0 aromatic heterocycles. The summed E-state index contributed by atoms with van der Waals surface area (Å²) in [6.07, 6.45) is 0. The van der Waals surface area contributed by atoms with Gasteiger partial charge >= 0.3 is 6.03 Å². The van der Waals surface area contributed by atoms with Crippen molar-refractivity contribution in [1.82, 2.24) is 10.2 Å². The van der Waals surface area contributed by atoms with E-state index in [1.54, 1.807) is 0 Å². The first-order valence-electron chi connectivity index (χ1n) is 7.34. The zero-order valence-electron chi connectivity index (χ0n) is 13.2. The van der Waals surface area contributed by atoms with Gasteiger partial charge in [-0.25, -0.2) is 4.79 Å². The molecule has 0 saturated carbocycles. The summed E-state index contributed by atoms with van der Waals surface area (Å²) in [6, 6.07) is 6.45. The first-order chi connectivity index (χ1) is 9.76. The van der Waals surface area contributed by atoms with Gasteiger partial charge in [-0.1, -0.05) is 22.0 Å². The van der Waals surface area contributed by atoms with Crippen LogP contribution in [0.5, 0.6) is 0 Å². The van der Waals surface area contributed by atoms with Crippen molar-refractivity contribution in [2.75, 3.05) is 31.1 Å². The SMILES string of the molecule is Cc1ccc(N2CCN(C(=O)NC(C)(C)C)CC2)cc1Br. The van der Waals surface area contributed by atoms with E-state index in [-0.39, 0.29) is 11.6 Å². The van der Waals surface area contributed by atoms with E-state index >= 15 is 0 Å². The molecule has 5 heteroatoms. The van der Waals surface area contributed by atoms with E-state index < -0.39 is 0 Å². The van der Waals surface area contributed by atoms with Gasteiger partial charge in [-0.2, -0.15) is 0 Å². The Morgan fingerprint density at radius 1 is 1.19 bits per heavy atom. The fraction of sp³-hybridized carbons (Fsp3) is 0.562. The maximum absolute atomic E-state index is 12.1. The number of nitrogens with one attached hydrogen (secondary N) is 1. The fourth-order valence-electron chi connectivity index (χ4n) is 2.35. The summed E-state index contributed by atoms with van der Waals surface area (Å²) in [5.74, 6) is 0. The third kappa shape index (κ3) is 4.37. The number of halogens is 1. The van der Waals surface area contributed by atoms with Crippen LogP contribution in [0.1, 0.15) is 26.3 Å². The Balaban J connectivity index is 1.94. The van der Waals surface area contributed by atoms with Gasteiger partial charge in [0.2, 0.25) is 0 Å². The van der Waals surface area contributed by atoms with Gasteiger partial charge in [0.1, 0.15) is 0 Å². The smallest absolute Gasteiger partial charge is 0.317 e. The minimum atomic E-state index is -0.184. The molecule has 0 bridgehead atoms. The molecule has 1 aliphatic rings. The molecule has 0 spiro atoms. The lowest BCUT2D eigenvalue weighted by Crippen LogP contribution is -2.55. The van der Waals surface area contributed by atoms with E-state index in [9.17, 15) is 4.79 Å². The standard InChI is InChI=1S/C16H24BrN3O/c1-12-5-6-13(11-14(12)17)19-7-9-20(10-8-19)15(21)18-16(2,3)4/h5-6,11H,7-10H2,1-4H3,(H,18,21). The molecule has 116 valence electrons. The fourth-order valence-corrected chi connectivity index (χ4v) is 2.71. The number of piperazine rings is 1. The monoisotopic (exact) mass is 353 g/mol. The van der Waals surface area contributed by atoms with Crippen LogP contribution < -0.4 is 10.2 Å². The third-order valence-corrected chi connectivity index (χ3v) is 4.42. The van der Waals surface area contributed by atoms with Crippen molar-refractivity contribution >= 4 is 27.6 Å². The number of nitrogens with zero attached hydrogens (tertiary/aromatic N) is 2. The summed E-state index contributed by atoms with van der Waals surface area (Å²) >= 11 is 3.58. The first-order valence-corrected chi connectivity index (χ1v) is 8.14. The maximum Gasteiger partial charge on any atom is 0.317 e. The molecule has 1 aromatic carbocycles. The Morgan fingerprint density at radius 3 is 2.33 bits per heavy atom. The Labute approximate surface area is 135 Å². The molecule has 1 saturated heterocycles. The van der Waals surface area contributed by atoms with Gasteiger partial charge in [0.25, 0.3) is 0 Å². The lowest BCUT2D eigenvalue weighted by Gasteiger charge is -2.37. The van der Waals surface area contributed by atoms with Crippen molar-refractivity contribution in [3.05, 3.63) is 28.2 Å². The van der Waals surface area contributed by atoms with Gasteiger partial charge in [0, 0.05) is 41.9 Å². The van der Waals surface area contributed by atoms with Crippen LogP contribution in [0.2, 0.25) is 0 Å². The molecule has 0 radical (unpaired) electrons. The number of carbonyl (C=O) groups excluding carboxylic acids is 1. The molecule has 0 atom stereocenters. The third-order valence-electron chi connectivity index (χ3n) is 3.57. The van der Waals surface area contributed by atoms with Crippen LogP contribution in [0.15, 0.2) is 22.7 Å². The molecule has 2 amide bonds. The lowest BCUT2D eigenvalue weighted by molar-refractivity contribution is 0.185. The number of anilines is 1. The van der Waals surface area contributed by atoms with Gasteiger partial charge in [0.05, 0.1) is 0 Å². The molecule has 1 fully saturated rings. The van der Waals surface area contributed by atoms with E-state index in [1.165, 1.54) is 11.3 Å². The second-order valence-electron chi connectivity index (χ2n) is 6.59. The van der Waals surface area contributed by atoms with Gasteiger partial charge in [-0.3, -0.25) is 0 Å². The van der Waals surface area contributed by atoms with Gasteiger partial charge in [0.15, 0.2) is 0 Å². The summed E-state index contributed by atoms with van der Waals surface area (Å²) in [5.41, 5.74) is 2.26. The molecule has 1 aliphatic heterocycles. The Kier molecular flexibility index (Phi) is 4.81. The number of urea groups is 1. The number of hydrogen-bond acceptors (Lipinski definition) is 2. The molecule has 1 aromatic rings. The Morgan fingerprint density at radius 2 is 1.81 bits per heavy atom. The molecule has 0 unspecified atom stereocenters. The summed E-state index contributed by atoms with van der Waals surface area (Å²) in [7, 11) is 0. The van der Waals surface area contributed by atoms with Gasteiger partial charge in [-0.15, -0.1) is 0 Å². The van der Waals surface area contributed by atoms with Crippen molar-refractivity contribution < 1.29 is 4.79 Å². The van der Waals surface area contributed by atoms with Crippen molar-refractivity contribution in [3.8, 4) is 0 Å². The number of carbonyl (C=O) groups is 1. The first kappa shape index (κ1) is 16.1. The summed E-state index contributed by atoms with van der Waals surface area (Å²) in [5, 5.41) is 3.02. The van der Waals surface area contributed by atoms with Crippen LogP contribution in [0, 0.1) is 6.92 Å². The van der Waals surface area contributed by atoms with Crippen molar-refractivity contribution in [2.24, 2.45) is 0 Å². The maximum atomic E-state index is 12.1. The average molecular weight is 354 g/mol. The number of hydrogen-bond donors (Lipinski definition) is 1. The predicted octanol–water partition coefficient (Wildman–Crippen LogP) is 3.39. The molecule has 0 aliphatic carbocycles. The van der Waals surface area contributed by atoms with Crippen molar-refractivity contribution in [3.63, 3.8) is 0 Å². The Bertz CT molecular complexity index is 517. The van der Waals surface area contributed by atoms with Crippen molar-refractivity contribution in [2.45, 2.75) is 33.2 Å². The average Bonchev–Trinajstić information content (AvgIpc) is 2.40. The van der Waals surface area contributed by atoms with E-state index in [0.717, 1.165) is 30.7 Å². The second-order valence-corrected chi connectivity index (χ2v) is 7.44. The lowest BCUT2D eigenvalue weighted by atomic mass is 10.1. The van der Waals surface area contributed by atoms with Gasteiger partial charge < -0.3 is 15.1 Å². The van der Waals surface area contributed by atoms with E-state index in [1.807, 2.05) is 25.7 Å². The number of amides is 2. The highest BCUT2D eigenvalue weighted by Gasteiger charge is 2.24. The van der Waals surface area contributed by atoms with Gasteiger partial charge in [-0.05, 0) is 45.4 Å². The molecular weight excluding hydrogens is 330 g/mol. The summed E-state index contributed by atoms with van der Waals surface area (Å²) < 4.78 is 1.13. The molecule has 1 heterocycles. The number of rotatable bonds is 1. The second kappa shape index (κ2) is 6.26. The predicted molar refractivity (Wildman–Crippen MR) is 90.9 cm³/mol. The number of aryl methyl sites for hydroxylation is 1. The molecule has 21 heavy (non-hydrogen) atoms. The van der Waals surface area contributed by atoms with Crippen LogP contribution >= 0.6 is 15.9 Å². The van der Waals surface area contributed by atoms with Crippen LogP contribution in [0.4, 0.5) is 10.5 Å². The Hall–Kier alpha value is -1.23. The number of benzene rings is 1. The topological polar surface area (TPSA) is 35.6 Å². The highest BCUT2D eigenvalue weighted by atomic mass is 79.9. The van der Waals surface area contributed by atoms with Crippen molar-refractivity contribution in [1.29, 1.82) is 0 Å². The normalized spacial score (nSPS) is 16.0.